The van der Waals surface area contributed by atoms with Gasteiger partial charge in [-0.1, -0.05) is 48.5 Å². The summed E-state index contributed by atoms with van der Waals surface area (Å²) in [6.45, 7) is 3.06. The minimum absolute atomic E-state index is 0.178. The van der Waals surface area contributed by atoms with Crippen LogP contribution in [0.1, 0.15) is 28.5 Å². The van der Waals surface area contributed by atoms with Crippen LogP contribution in [0.4, 0.5) is 0 Å². The Hall–Kier alpha value is -3.41. The number of hydrogen-bond acceptors (Lipinski definition) is 4. The van der Waals surface area contributed by atoms with Gasteiger partial charge in [-0.25, -0.2) is 0 Å². The third-order valence-corrected chi connectivity index (χ3v) is 4.45. The number of esters is 1. The maximum Gasteiger partial charge on any atom is 0.326 e. The number of hydrogen-bond donors (Lipinski definition) is 2. The minimum atomic E-state index is -0.948. The second-order valence-electron chi connectivity index (χ2n) is 6.61. The molecule has 3 aromatic rings. The van der Waals surface area contributed by atoms with E-state index < -0.39 is 12.1 Å². The van der Waals surface area contributed by atoms with Crippen molar-refractivity contribution in [3.63, 3.8) is 0 Å². The van der Waals surface area contributed by atoms with Gasteiger partial charge in [-0.05, 0) is 25.5 Å². The number of amides is 1. The average molecular weight is 378 g/mol. The van der Waals surface area contributed by atoms with Crippen molar-refractivity contribution >= 4 is 28.6 Å². The van der Waals surface area contributed by atoms with Crippen molar-refractivity contribution in [2.24, 2.45) is 0 Å². The van der Waals surface area contributed by atoms with Crippen LogP contribution in [0.25, 0.3) is 10.9 Å². The van der Waals surface area contributed by atoms with Gasteiger partial charge in [0.15, 0.2) is 6.10 Å². The molecular weight excluding hydrogens is 356 g/mol. The molecular formula is C22H22N2O4. The van der Waals surface area contributed by atoms with Gasteiger partial charge in [0.2, 0.25) is 11.7 Å². The van der Waals surface area contributed by atoms with Gasteiger partial charge in [0, 0.05) is 22.2 Å². The standard InChI is InChI=1S/C22H22N2O4/c1-14-21(17-10-6-7-11-18(17)24-14)22(27)15(2)28-20(26)13-23-19(25)12-16-8-4-3-5-9-16/h3-11,15,24H,12-13H2,1-2H3,(H,23,25)/t15-/m0/s1. The summed E-state index contributed by atoms with van der Waals surface area (Å²) in [5, 5.41) is 3.32. The quantitative estimate of drug-likeness (QED) is 0.489. The molecule has 0 aliphatic heterocycles. The molecule has 0 unspecified atom stereocenters. The summed E-state index contributed by atoms with van der Waals surface area (Å²) in [6, 6.07) is 16.7. The van der Waals surface area contributed by atoms with Crippen molar-refractivity contribution in [3.8, 4) is 0 Å². The third kappa shape index (κ3) is 4.46. The second-order valence-corrected chi connectivity index (χ2v) is 6.61. The molecule has 0 fully saturated rings. The summed E-state index contributed by atoms with van der Waals surface area (Å²) in [7, 11) is 0. The van der Waals surface area contributed by atoms with Gasteiger partial charge < -0.3 is 15.0 Å². The van der Waals surface area contributed by atoms with Crippen LogP contribution in [0.2, 0.25) is 0 Å². The molecule has 2 aromatic carbocycles. The highest BCUT2D eigenvalue weighted by molar-refractivity contribution is 6.11. The number of ketones is 1. The van der Waals surface area contributed by atoms with Gasteiger partial charge in [0.05, 0.1) is 6.42 Å². The second kappa shape index (κ2) is 8.52. The number of Topliss-reactive ketones (excluding diaryl/α,β-unsaturated/α-hetero) is 1. The van der Waals surface area contributed by atoms with E-state index in [1.54, 1.807) is 0 Å². The van der Waals surface area contributed by atoms with Crippen molar-refractivity contribution in [3.05, 3.63) is 71.4 Å². The largest absolute Gasteiger partial charge is 0.453 e. The lowest BCUT2D eigenvalue weighted by Gasteiger charge is -2.13. The molecule has 1 atom stereocenters. The molecule has 6 heteroatoms. The number of nitrogens with one attached hydrogen (secondary N) is 2. The van der Waals surface area contributed by atoms with Crippen molar-refractivity contribution < 1.29 is 19.1 Å². The Balaban J connectivity index is 1.55. The zero-order valence-electron chi connectivity index (χ0n) is 15.8. The smallest absolute Gasteiger partial charge is 0.326 e. The predicted octanol–water partition coefficient (Wildman–Crippen LogP) is 2.95. The normalized spacial score (nSPS) is 11.8. The van der Waals surface area contributed by atoms with E-state index in [4.69, 9.17) is 4.74 Å². The average Bonchev–Trinajstić information content (AvgIpc) is 3.02. The number of para-hydroxylation sites is 1. The SMILES string of the molecule is Cc1[nH]c2ccccc2c1C(=O)[C@H](C)OC(=O)CNC(=O)Cc1ccccc1. The summed E-state index contributed by atoms with van der Waals surface area (Å²) in [6.07, 6.45) is -0.770. The van der Waals surface area contributed by atoms with Crippen molar-refractivity contribution in [2.75, 3.05) is 6.54 Å². The molecule has 1 aromatic heterocycles. The molecule has 0 spiro atoms. The third-order valence-electron chi connectivity index (χ3n) is 4.45. The van der Waals surface area contributed by atoms with Gasteiger partial charge in [0.1, 0.15) is 6.54 Å². The highest BCUT2D eigenvalue weighted by atomic mass is 16.5. The van der Waals surface area contributed by atoms with E-state index in [1.165, 1.54) is 6.92 Å². The molecule has 0 bridgehead atoms. The van der Waals surface area contributed by atoms with Crippen molar-refractivity contribution in [1.29, 1.82) is 0 Å². The maximum atomic E-state index is 12.8. The molecule has 28 heavy (non-hydrogen) atoms. The van der Waals surface area contributed by atoms with Gasteiger partial charge in [0.25, 0.3) is 0 Å². The van der Waals surface area contributed by atoms with E-state index in [1.807, 2.05) is 61.5 Å². The number of aryl methyl sites for hydroxylation is 1. The van der Waals surface area contributed by atoms with Crippen LogP contribution in [-0.2, 0) is 20.7 Å². The van der Waals surface area contributed by atoms with Gasteiger partial charge in [-0.2, -0.15) is 0 Å². The molecule has 0 aliphatic rings. The van der Waals surface area contributed by atoms with Crippen LogP contribution >= 0.6 is 0 Å². The van der Waals surface area contributed by atoms with Crippen LogP contribution in [0.15, 0.2) is 54.6 Å². The fourth-order valence-corrected chi connectivity index (χ4v) is 3.10. The summed E-state index contributed by atoms with van der Waals surface area (Å²) < 4.78 is 5.22. The monoisotopic (exact) mass is 378 g/mol. The number of aromatic nitrogens is 1. The van der Waals surface area contributed by atoms with Crippen molar-refractivity contribution in [1.82, 2.24) is 10.3 Å². The molecule has 3 rings (SSSR count). The van der Waals surface area contributed by atoms with Crippen LogP contribution in [0, 0.1) is 6.92 Å². The van der Waals surface area contributed by atoms with E-state index in [-0.39, 0.29) is 24.7 Å². The van der Waals surface area contributed by atoms with Gasteiger partial charge in [-0.15, -0.1) is 0 Å². The summed E-state index contributed by atoms with van der Waals surface area (Å²) in [5.41, 5.74) is 2.95. The zero-order valence-corrected chi connectivity index (χ0v) is 15.8. The molecule has 6 nitrogen and oxygen atoms in total. The number of H-pyrrole nitrogens is 1. The van der Waals surface area contributed by atoms with Crippen LogP contribution in [0.5, 0.6) is 0 Å². The molecule has 0 saturated carbocycles. The Bertz CT molecular complexity index is 1010. The summed E-state index contributed by atoms with van der Waals surface area (Å²) in [5.74, 6) is -1.21. The predicted molar refractivity (Wildman–Crippen MR) is 106 cm³/mol. The first-order valence-corrected chi connectivity index (χ1v) is 9.07. The number of carbonyl (C=O) groups is 3. The summed E-state index contributed by atoms with van der Waals surface area (Å²) in [4.78, 5) is 39.9. The van der Waals surface area contributed by atoms with Gasteiger partial charge in [-0.3, -0.25) is 14.4 Å². The van der Waals surface area contributed by atoms with Crippen LogP contribution in [0.3, 0.4) is 0 Å². The van der Waals surface area contributed by atoms with E-state index >= 15 is 0 Å². The first-order chi connectivity index (χ1) is 13.5. The lowest BCUT2D eigenvalue weighted by molar-refractivity contribution is -0.146. The number of ether oxygens (including phenoxy) is 1. The first kappa shape index (κ1) is 19.4. The number of carbonyl (C=O) groups excluding carboxylic acids is 3. The number of fused-ring (bicyclic) bond motifs is 1. The van der Waals surface area contributed by atoms with E-state index in [9.17, 15) is 14.4 Å². The fraction of sp³-hybridized carbons (Fsp3) is 0.227. The Morgan fingerprint density at radius 2 is 1.71 bits per heavy atom. The molecule has 144 valence electrons. The Kier molecular flexibility index (Phi) is 5.89. The van der Waals surface area contributed by atoms with E-state index in [0.29, 0.717) is 5.56 Å². The number of benzene rings is 2. The zero-order chi connectivity index (χ0) is 20.1. The molecule has 0 saturated heterocycles. The Labute approximate surface area is 162 Å². The number of rotatable bonds is 7. The lowest BCUT2D eigenvalue weighted by Crippen LogP contribution is -2.34. The van der Waals surface area contributed by atoms with Gasteiger partial charge >= 0.3 is 5.97 Å². The molecule has 2 N–H and O–H groups in total. The number of aromatic amines is 1. The summed E-state index contributed by atoms with van der Waals surface area (Å²) >= 11 is 0. The molecule has 0 radical (unpaired) electrons. The van der Waals surface area contributed by atoms with E-state index in [0.717, 1.165) is 22.2 Å². The van der Waals surface area contributed by atoms with E-state index in [2.05, 4.69) is 10.3 Å². The maximum absolute atomic E-state index is 12.8. The molecule has 1 heterocycles. The lowest BCUT2D eigenvalue weighted by atomic mass is 10.0. The molecule has 1 amide bonds. The van der Waals surface area contributed by atoms with Crippen LogP contribution < -0.4 is 5.32 Å². The highest BCUT2D eigenvalue weighted by Gasteiger charge is 2.24. The fourth-order valence-electron chi connectivity index (χ4n) is 3.10. The Morgan fingerprint density at radius 3 is 2.46 bits per heavy atom. The highest BCUT2D eigenvalue weighted by Crippen LogP contribution is 2.23. The first-order valence-electron chi connectivity index (χ1n) is 9.07. The van der Waals surface area contributed by atoms with Crippen molar-refractivity contribution in [2.45, 2.75) is 26.4 Å². The Morgan fingerprint density at radius 1 is 1.04 bits per heavy atom. The van der Waals surface area contributed by atoms with Crippen LogP contribution in [-0.4, -0.2) is 35.3 Å². The minimum Gasteiger partial charge on any atom is -0.453 e. The topological polar surface area (TPSA) is 88.3 Å². The molecule has 0 aliphatic carbocycles.